The van der Waals surface area contributed by atoms with Crippen molar-refractivity contribution in [1.29, 1.82) is 5.26 Å². The zero-order valence-electron chi connectivity index (χ0n) is 15.1. The third kappa shape index (κ3) is 3.85. The van der Waals surface area contributed by atoms with Gasteiger partial charge in [-0.1, -0.05) is 0 Å². The van der Waals surface area contributed by atoms with Crippen molar-refractivity contribution in [2.75, 3.05) is 31.0 Å². The van der Waals surface area contributed by atoms with Crippen LogP contribution in [0.3, 0.4) is 0 Å². The Hall–Kier alpha value is -3.53. The number of nitriles is 1. The molecule has 1 aliphatic rings. The van der Waals surface area contributed by atoms with E-state index in [1.807, 2.05) is 6.07 Å². The maximum Gasteiger partial charge on any atom is 0.229 e. The lowest BCUT2D eigenvalue weighted by atomic mass is 10.1. The van der Waals surface area contributed by atoms with Gasteiger partial charge in [-0.2, -0.15) is 5.26 Å². The average Bonchev–Trinajstić information content (AvgIpc) is 3.09. The minimum atomic E-state index is -0.457. The minimum Gasteiger partial charge on any atom is -0.493 e. The van der Waals surface area contributed by atoms with Crippen LogP contribution in [0.1, 0.15) is 12.0 Å². The molecule has 1 unspecified atom stereocenters. The van der Waals surface area contributed by atoms with E-state index in [4.69, 9.17) is 14.7 Å². The van der Waals surface area contributed by atoms with Crippen LogP contribution in [0, 0.1) is 17.2 Å². The van der Waals surface area contributed by atoms with E-state index in [0.29, 0.717) is 28.4 Å². The highest BCUT2D eigenvalue weighted by Crippen LogP contribution is 2.34. The van der Waals surface area contributed by atoms with Crippen LogP contribution >= 0.6 is 0 Å². The van der Waals surface area contributed by atoms with Crippen LogP contribution in [0.15, 0.2) is 42.5 Å². The first-order valence-electron chi connectivity index (χ1n) is 8.39. The normalized spacial score (nSPS) is 16.0. The standard InChI is InChI=1S/C20H19N3O4/c1-26-17-8-7-16(10-18(17)27-2)23-12-14(9-19(23)24)20(25)22-15-5-3-13(11-21)4-6-15/h3-8,10,14H,9,12H2,1-2H3,(H,22,25). The van der Waals surface area contributed by atoms with Gasteiger partial charge in [0.25, 0.3) is 0 Å². The Labute approximate surface area is 157 Å². The summed E-state index contributed by atoms with van der Waals surface area (Å²) in [5.41, 5.74) is 1.77. The van der Waals surface area contributed by atoms with Crippen molar-refractivity contribution in [2.24, 2.45) is 5.92 Å². The van der Waals surface area contributed by atoms with Gasteiger partial charge in [0, 0.05) is 30.4 Å². The molecular formula is C20H19N3O4. The number of carbonyl (C=O) groups excluding carboxylic acids is 2. The molecule has 1 aliphatic heterocycles. The Bertz CT molecular complexity index is 902. The summed E-state index contributed by atoms with van der Waals surface area (Å²) in [5.74, 6) is 0.288. The number of hydrogen-bond acceptors (Lipinski definition) is 5. The van der Waals surface area contributed by atoms with Crippen molar-refractivity contribution in [3.63, 3.8) is 0 Å². The summed E-state index contributed by atoms with van der Waals surface area (Å²) >= 11 is 0. The molecule has 7 nitrogen and oxygen atoms in total. The number of ether oxygens (including phenoxy) is 2. The predicted octanol–water partition coefficient (Wildman–Crippen LogP) is 2.57. The van der Waals surface area contributed by atoms with Crippen molar-refractivity contribution in [2.45, 2.75) is 6.42 Å². The van der Waals surface area contributed by atoms with Crippen LogP contribution < -0.4 is 19.7 Å². The van der Waals surface area contributed by atoms with Crippen molar-refractivity contribution in [3.05, 3.63) is 48.0 Å². The van der Waals surface area contributed by atoms with Crippen LogP contribution in [0.4, 0.5) is 11.4 Å². The summed E-state index contributed by atoms with van der Waals surface area (Å²) in [6.07, 6.45) is 0.135. The van der Waals surface area contributed by atoms with E-state index in [-0.39, 0.29) is 24.8 Å². The van der Waals surface area contributed by atoms with Gasteiger partial charge in [0.05, 0.1) is 31.8 Å². The number of methoxy groups -OCH3 is 2. The second-order valence-corrected chi connectivity index (χ2v) is 6.12. The number of nitrogens with one attached hydrogen (secondary N) is 1. The maximum atomic E-state index is 12.5. The number of hydrogen-bond donors (Lipinski definition) is 1. The molecule has 0 bridgehead atoms. The molecule has 0 aliphatic carbocycles. The van der Waals surface area contributed by atoms with Gasteiger partial charge in [0.15, 0.2) is 11.5 Å². The molecule has 0 spiro atoms. The SMILES string of the molecule is COc1ccc(N2CC(C(=O)Nc3ccc(C#N)cc3)CC2=O)cc1OC. The largest absolute Gasteiger partial charge is 0.493 e. The van der Waals surface area contributed by atoms with E-state index >= 15 is 0 Å². The summed E-state index contributed by atoms with van der Waals surface area (Å²) in [7, 11) is 3.07. The molecule has 7 heteroatoms. The minimum absolute atomic E-state index is 0.123. The van der Waals surface area contributed by atoms with Crippen LogP contribution in [-0.2, 0) is 9.59 Å². The van der Waals surface area contributed by atoms with Gasteiger partial charge >= 0.3 is 0 Å². The van der Waals surface area contributed by atoms with Crippen LogP contribution in [0.5, 0.6) is 11.5 Å². The molecule has 1 atom stereocenters. The van der Waals surface area contributed by atoms with Gasteiger partial charge < -0.3 is 19.7 Å². The Morgan fingerprint density at radius 1 is 1.15 bits per heavy atom. The fraction of sp³-hybridized carbons (Fsp3) is 0.250. The average molecular weight is 365 g/mol. The van der Waals surface area contributed by atoms with E-state index in [0.717, 1.165) is 0 Å². The van der Waals surface area contributed by atoms with Crippen LogP contribution in [0.25, 0.3) is 0 Å². The van der Waals surface area contributed by atoms with Gasteiger partial charge in [0.2, 0.25) is 11.8 Å². The number of anilines is 2. The van der Waals surface area contributed by atoms with E-state index in [1.165, 1.54) is 7.11 Å². The van der Waals surface area contributed by atoms with Crippen LogP contribution in [0.2, 0.25) is 0 Å². The second-order valence-electron chi connectivity index (χ2n) is 6.12. The summed E-state index contributed by atoms with van der Waals surface area (Å²) in [6, 6.07) is 13.8. The Morgan fingerprint density at radius 3 is 2.48 bits per heavy atom. The third-order valence-corrected chi connectivity index (χ3v) is 4.46. The lowest BCUT2D eigenvalue weighted by Crippen LogP contribution is -2.28. The highest BCUT2D eigenvalue weighted by molar-refractivity contribution is 6.03. The first-order valence-corrected chi connectivity index (χ1v) is 8.39. The molecule has 27 heavy (non-hydrogen) atoms. The van der Waals surface area contributed by atoms with Crippen molar-refractivity contribution in [1.82, 2.24) is 0 Å². The number of nitrogens with zero attached hydrogens (tertiary/aromatic N) is 2. The monoisotopic (exact) mass is 365 g/mol. The fourth-order valence-electron chi connectivity index (χ4n) is 3.00. The topological polar surface area (TPSA) is 91.7 Å². The smallest absolute Gasteiger partial charge is 0.229 e. The molecule has 1 N–H and O–H groups in total. The Morgan fingerprint density at radius 2 is 1.85 bits per heavy atom. The molecule has 0 saturated carbocycles. The van der Waals surface area contributed by atoms with E-state index in [2.05, 4.69) is 5.32 Å². The summed E-state index contributed by atoms with van der Waals surface area (Å²) < 4.78 is 10.5. The first kappa shape index (κ1) is 18.3. The first-order chi connectivity index (χ1) is 13.0. The highest BCUT2D eigenvalue weighted by atomic mass is 16.5. The number of rotatable bonds is 5. The van der Waals surface area contributed by atoms with Crippen LogP contribution in [-0.4, -0.2) is 32.6 Å². The Balaban J connectivity index is 1.71. The van der Waals surface area contributed by atoms with Crippen molar-refractivity contribution >= 4 is 23.2 Å². The number of carbonyl (C=O) groups is 2. The van der Waals surface area contributed by atoms with Crippen molar-refractivity contribution in [3.8, 4) is 17.6 Å². The fourth-order valence-corrected chi connectivity index (χ4v) is 3.00. The highest BCUT2D eigenvalue weighted by Gasteiger charge is 2.35. The molecule has 0 radical (unpaired) electrons. The molecule has 1 fully saturated rings. The van der Waals surface area contributed by atoms with E-state index < -0.39 is 5.92 Å². The molecule has 3 rings (SSSR count). The lowest BCUT2D eigenvalue weighted by molar-refractivity contribution is -0.122. The van der Waals surface area contributed by atoms with Gasteiger partial charge in [-0.15, -0.1) is 0 Å². The van der Waals surface area contributed by atoms with Gasteiger partial charge in [-0.3, -0.25) is 9.59 Å². The maximum absolute atomic E-state index is 12.5. The van der Waals surface area contributed by atoms with Crippen molar-refractivity contribution < 1.29 is 19.1 Å². The molecule has 2 aromatic carbocycles. The number of benzene rings is 2. The second kappa shape index (κ2) is 7.79. The molecule has 0 aromatic heterocycles. The molecular weight excluding hydrogens is 346 g/mol. The zero-order valence-corrected chi connectivity index (χ0v) is 15.1. The third-order valence-electron chi connectivity index (χ3n) is 4.46. The molecule has 1 heterocycles. The predicted molar refractivity (Wildman–Crippen MR) is 99.8 cm³/mol. The zero-order chi connectivity index (χ0) is 19.4. The number of amides is 2. The molecule has 138 valence electrons. The summed E-state index contributed by atoms with van der Waals surface area (Å²) in [6.45, 7) is 0.288. The van der Waals surface area contributed by atoms with Gasteiger partial charge in [-0.25, -0.2) is 0 Å². The Kier molecular flexibility index (Phi) is 5.27. The van der Waals surface area contributed by atoms with Gasteiger partial charge in [-0.05, 0) is 36.4 Å². The molecule has 1 saturated heterocycles. The van der Waals surface area contributed by atoms with E-state index in [9.17, 15) is 9.59 Å². The summed E-state index contributed by atoms with van der Waals surface area (Å²) in [4.78, 5) is 26.5. The van der Waals surface area contributed by atoms with E-state index in [1.54, 1.807) is 54.5 Å². The quantitative estimate of drug-likeness (QED) is 0.879. The molecule has 2 aromatic rings. The lowest BCUT2D eigenvalue weighted by Gasteiger charge is -2.18. The summed E-state index contributed by atoms with van der Waals surface area (Å²) in [5, 5.41) is 11.6. The van der Waals surface area contributed by atoms with Gasteiger partial charge in [0.1, 0.15) is 0 Å². The molecule has 2 amide bonds.